The van der Waals surface area contributed by atoms with Gasteiger partial charge in [-0.05, 0) is 23.8 Å². The van der Waals surface area contributed by atoms with E-state index in [1.807, 2.05) is 23.1 Å². The molecule has 1 aromatic heterocycles. The van der Waals surface area contributed by atoms with Gasteiger partial charge in [-0.15, -0.1) is 11.3 Å². The zero-order valence-corrected chi connectivity index (χ0v) is 12.3. The van der Waals surface area contributed by atoms with Crippen molar-refractivity contribution >= 4 is 40.1 Å². The normalized spacial score (nSPS) is 19.5. The fourth-order valence-corrected chi connectivity index (χ4v) is 3.65. The Balaban J connectivity index is 1.64. The first-order valence-electron chi connectivity index (χ1n) is 6.49. The van der Waals surface area contributed by atoms with Crippen molar-refractivity contribution in [3.63, 3.8) is 0 Å². The van der Waals surface area contributed by atoms with Gasteiger partial charge < -0.3 is 4.90 Å². The molecule has 0 saturated carbocycles. The highest BCUT2D eigenvalue weighted by Gasteiger charge is 2.28. The molecule has 0 aliphatic carbocycles. The fraction of sp³-hybridized carbons (Fsp3) is 0.429. The number of nitrogens with zero attached hydrogens (tertiary/aromatic N) is 2. The fourth-order valence-electron chi connectivity index (χ4n) is 2.45. The quantitative estimate of drug-likeness (QED) is 0.879. The van der Waals surface area contributed by atoms with E-state index in [1.165, 1.54) is 4.70 Å². The standard InChI is InChI=1S/C14H16N2OS2/c17-14-7-10(9-18)8-16(14)6-5-13-15-11-3-1-2-4-12(11)19-13/h1-4,10,18H,5-9H2. The van der Waals surface area contributed by atoms with Crippen molar-refractivity contribution < 1.29 is 4.79 Å². The van der Waals surface area contributed by atoms with Crippen LogP contribution in [0.3, 0.4) is 0 Å². The summed E-state index contributed by atoms with van der Waals surface area (Å²) in [5.41, 5.74) is 1.06. The lowest BCUT2D eigenvalue weighted by molar-refractivity contribution is -0.127. The van der Waals surface area contributed by atoms with E-state index in [2.05, 4.69) is 23.7 Å². The predicted molar refractivity (Wildman–Crippen MR) is 81.9 cm³/mol. The number of aromatic nitrogens is 1. The highest BCUT2D eigenvalue weighted by molar-refractivity contribution is 7.80. The number of hydrogen-bond acceptors (Lipinski definition) is 4. The molecule has 2 aromatic rings. The van der Waals surface area contributed by atoms with Gasteiger partial charge in [0.05, 0.1) is 15.2 Å². The van der Waals surface area contributed by atoms with Gasteiger partial charge in [-0.2, -0.15) is 12.6 Å². The molecule has 1 amide bonds. The van der Waals surface area contributed by atoms with E-state index in [0.717, 1.165) is 35.8 Å². The molecule has 0 N–H and O–H groups in total. The maximum Gasteiger partial charge on any atom is 0.222 e. The summed E-state index contributed by atoms with van der Waals surface area (Å²) in [6, 6.07) is 8.17. The molecule has 3 nitrogen and oxygen atoms in total. The van der Waals surface area contributed by atoms with Crippen LogP contribution in [0.1, 0.15) is 11.4 Å². The Morgan fingerprint density at radius 3 is 3.00 bits per heavy atom. The minimum absolute atomic E-state index is 0.264. The number of hydrogen-bond donors (Lipinski definition) is 1. The van der Waals surface area contributed by atoms with Crippen molar-refractivity contribution in [3.8, 4) is 0 Å². The molecule has 0 radical (unpaired) electrons. The molecular formula is C14H16N2OS2. The van der Waals surface area contributed by atoms with E-state index in [4.69, 9.17) is 0 Å². The van der Waals surface area contributed by atoms with E-state index < -0.39 is 0 Å². The van der Waals surface area contributed by atoms with Crippen LogP contribution >= 0.6 is 24.0 Å². The summed E-state index contributed by atoms with van der Waals surface area (Å²) in [5, 5.41) is 1.11. The van der Waals surface area contributed by atoms with Gasteiger partial charge in [0.25, 0.3) is 0 Å². The number of rotatable bonds is 4. The summed E-state index contributed by atoms with van der Waals surface area (Å²) in [4.78, 5) is 18.4. The summed E-state index contributed by atoms with van der Waals surface area (Å²) in [6.45, 7) is 1.64. The largest absolute Gasteiger partial charge is 0.342 e. The molecule has 19 heavy (non-hydrogen) atoms. The molecular weight excluding hydrogens is 276 g/mol. The average Bonchev–Trinajstić information content (AvgIpc) is 2.99. The zero-order valence-electron chi connectivity index (χ0n) is 10.6. The number of fused-ring (bicyclic) bond motifs is 1. The molecule has 1 aliphatic rings. The maximum absolute atomic E-state index is 11.8. The van der Waals surface area contributed by atoms with Crippen LogP contribution in [-0.2, 0) is 11.2 Å². The van der Waals surface area contributed by atoms with Crippen LogP contribution in [0.15, 0.2) is 24.3 Å². The summed E-state index contributed by atoms with van der Waals surface area (Å²) in [7, 11) is 0. The molecule has 1 saturated heterocycles. The molecule has 1 fully saturated rings. The number of thiazole rings is 1. The Bertz CT molecular complexity index is 563. The lowest BCUT2D eigenvalue weighted by Gasteiger charge is -2.15. The number of benzene rings is 1. The van der Waals surface area contributed by atoms with Crippen LogP contribution in [0.2, 0.25) is 0 Å². The number of thiol groups is 1. The minimum atomic E-state index is 0.264. The van der Waals surface area contributed by atoms with Gasteiger partial charge in [0, 0.05) is 25.9 Å². The summed E-state index contributed by atoms with van der Waals surface area (Å²) >= 11 is 6.00. The Morgan fingerprint density at radius 2 is 2.26 bits per heavy atom. The van der Waals surface area contributed by atoms with Crippen LogP contribution in [0.5, 0.6) is 0 Å². The second-order valence-electron chi connectivity index (χ2n) is 4.92. The summed E-state index contributed by atoms with van der Waals surface area (Å²) in [6.07, 6.45) is 1.51. The number of carbonyl (C=O) groups is 1. The third kappa shape index (κ3) is 2.77. The van der Waals surface area contributed by atoms with Crippen LogP contribution in [0.25, 0.3) is 10.2 Å². The van der Waals surface area contributed by atoms with E-state index >= 15 is 0 Å². The number of amides is 1. The molecule has 2 heterocycles. The van der Waals surface area contributed by atoms with Crippen molar-refractivity contribution in [2.24, 2.45) is 5.92 Å². The first kappa shape index (κ1) is 12.9. The number of carbonyl (C=O) groups excluding carboxylic acids is 1. The van der Waals surface area contributed by atoms with Crippen LogP contribution in [-0.4, -0.2) is 34.6 Å². The number of likely N-dealkylation sites (tertiary alicyclic amines) is 1. The van der Waals surface area contributed by atoms with Gasteiger partial charge in [0.2, 0.25) is 5.91 Å². The molecule has 1 aliphatic heterocycles. The van der Waals surface area contributed by atoms with E-state index in [-0.39, 0.29) is 5.91 Å². The lowest BCUT2D eigenvalue weighted by Crippen LogP contribution is -2.27. The molecule has 1 atom stereocenters. The van der Waals surface area contributed by atoms with Gasteiger partial charge >= 0.3 is 0 Å². The highest BCUT2D eigenvalue weighted by atomic mass is 32.1. The van der Waals surface area contributed by atoms with E-state index in [1.54, 1.807) is 11.3 Å². The molecule has 5 heteroatoms. The summed E-state index contributed by atoms with van der Waals surface area (Å²) in [5.74, 6) is 1.48. The molecule has 100 valence electrons. The first-order chi connectivity index (χ1) is 9.26. The molecule has 0 spiro atoms. The van der Waals surface area contributed by atoms with Crippen molar-refractivity contribution in [2.75, 3.05) is 18.8 Å². The average molecular weight is 292 g/mol. The van der Waals surface area contributed by atoms with E-state index in [0.29, 0.717) is 12.3 Å². The molecule has 1 aromatic carbocycles. The maximum atomic E-state index is 11.8. The molecule has 3 rings (SSSR count). The first-order valence-corrected chi connectivity index (χ1v) is 7.94. The third-order valence-electron chi connectivity index (χ3n) is 3.49. The van der Waals surface area contributed by atoms with Crippen molar-refractivity contribution in [3.05, 3.63) is 29.3 Å². The summed E-state index contributed by atoms with van der Waals surface area (Å²) < 4.78 is 1.22. The lowest BCUT2D eigenvalue weighted by atomic mass is 10.1. The predicted octanol–water partition coefficient (Wildman–Crippen LogP) is 2.62. The SMILES string of the molecule is O=C1CC(CS)CN1CCc1nc2ccccc2s1. The van der Waals surface area contributed by atoms with Gasteiger partial charge in [-0.3, -0.25) is 4.79 Å². The van der Waals surface area contributed by atoms with Crippen LogP contribution in [0, 0.1) is 5.92 Å². The van der Waals surface area contributed by atoms with Crippen LogP contribution < -0.4 is 0 Å². The van der Waals surface area contributed by atoms with Crippen molar-refractivity contribution in [1.82, 2.24) is 9.88 Å². The Kier molecular flexibility index (Phi) is 3.75. The Hall–Kier alpha value is -1.07. The Labute approximate surface area is 122 Å². The number of para-hydroxylation sites is 1. The second kappa shape index (κ2) is 5.51. The van der Waals surface area contributed by atoms with Gasteiger partial charge in [-0.25, -0.2) is 4.98 Å². The monoisotopic (exact) mass is 292 g/mol. The highest BCUT2D eigenvalue weighted by Crippen LogP contribution is 2.23. The van der Waals surface area contributed by atoms with Gasteiger partial charge in [0.1, 0.15) is 0 Å². The minimum Gasteiger partial charge on any atom is -0.342 e. The van der Waals surface area contributed by atoms with Gasteiger partial charge in [-0.1, -0.05) is 12.1 Å². The smallest absolute Gasteiger partial charge is 0.222 e. The zero-order chi connectivity index (χ0) is 13.2. The Morgan fingerprint density at radius 1 is 1.42 bits per heavy atom. The molecule has 1 unspecified atom stereocenters. The topological polar surface area (TPSA) is 33.2 Å². The van der Waals surface area contributed by atoms with Gasteiger partial charge in [0.15, 0.2) is 0 Å². The van der Waals surface area contributed by atoms with E-state index in [9.17, 15) is 4.79 Å². The second-order valence-corrected chi connectivity index (χ2v) is 6.40. The molecule has 0 bridgehead atoms. The van der Waals surface area contributed by atoms with Crippen molar-refractivity contribution in [2.45, 2.75) is 12.8 Å². The third-order valence-corrected chi connectivity index (χ3v) is 5.10. The van der Waals surface area contributed by atoms with Crippen molar-refractivity contribution in [1.29, 1.82) is 0 Å². The van der Waals surface area contributed by atoms with Crippen LogP contribution in [0.4, 0.5) is 0 Å².